The third-order valence-corrected chi connectivity index (χ3v) is 3.30. The van der Waals surface area contributed by atoms with Crippen LogP contribution in [0.15, 0.2) is 24.3 Å². The molecule has 1 aromatic carbocycles. The highest BCUT2D eigenvalue weighted by Gasteiger charge is 2.25. The van der Waals surface area contributed by atoms with E-state index in [-0.39, 0.29) is 11.6 Å². The Morgan fingerprint density at radius 1 is 1.39 bits per heavy atom. The van der Waals surface area contributed by atoms with Crippen molar-refractivity contribution >= 4 is 17.7 Å². The molecule has 18 heavy (non-hydrogen) atoms. The highest BCUT2D eigenvalue weighted by molar-refractivity contribution is 5.93. The maximum Gasteiger partial charge on any atom is 0.335 e. The molecule has 0 aromatic heterocycles. The van der Waals surface area contributed by atoms with Gasteiger partial charge in [-0.05, 0) is 37.5 Å². The molecule has 2 rings (SSSR count). The first kappa shape index (κ1) is 12.4. The number of carboxylic acids is 1. The van der Waals surface area contributed by atoms with E-state index in [0.717, 1.165) is 19.3 Å². The Labute approximate surface area is 105 Å². The number of aromatic carboxylic acids is 1. The van der Waals surface area contributed by atoms with Gasteiger partial charge in [-0.1, -0.05) is 6.07 Å². The Hall–Kier alpha value is -2.04. The normalized spacial score (nSPS) is 14.7. The zero-order valence-electron chi connectivity index (χ0n) is 10.2. The average molecular weight is 248 g/mol. The number of anilines is 1. The molecule has 2 N–H and O–H groups in total. The van der Waals surface area contributed by atoms with Crippen LogP contribution in [0.3, 0.4) is 0 Å². The minimum Gasteiger partial charge on any atom is -0.478 e. The summed E-state index contributed by atoms with van der Waals surface area (Å²) >= 11 is 0. The minimum absolute atomic E-state index is 0.166. The Kier molecular flexibility index (Phi) is 3.50. The lowest BCUT2D eigenvalue weighted by molar-refractivity contribution is 0.0697. The summed E-state index contributed by atoms with van der Waals surface area (Å²) in [6.07, 6.45) is 3.24. The van der Waals surface area contributed by atoms with Crippen molar-refractivity contribution in [3.63, 3.8) is 0 Å². The second kappa shape index (κ2) is 5.08. The molecule has 96 valence electrons. The summed E-state index contributed by atoms with van der Waals surface area (Å²) in [5, 5.41) is 11.6. The Balaban J connectivity index is 2.02. The highest BCUT2D eigenvalue weighted by Crippen LogP contribution is 2.24. The summed E-state index contributed by atoms with van der Waals surface area (Å²) in [4.78, 5) is 24.4. The monoisotopic (exact) mass is 248 g/mol. The molecule has 1 saturated carbocycles. The lowest BCUT2D eigenvalue weighted by Crippen LogP contribution is -2.43. The van der Waals surface area contributed by atoms with E-state index in [9.17, 15) is 9.59 Å². The molecule has 5 nitrogen and oxygen atoms in total. The first-order chi connectivity index (χ1) is 8.58. The number of benzene rings is 1. The summed E-state index contributed by atoms with van der Waals surface area (Å²) < 4.78 is 0. The Morgan fingerprint density at radius 3 is 2.67 bits per heavy atom. The fourth-order valence-electron chi connectivity index (χ4n) is 1.88. The number of urea groups is 1. The predicted octanol–water partition coefficient (Wildman–Crippen LogP) is 2.40. The van der Waals surface area contributed by atoms with Gasteiger partial charge >= 0.3 is 12.0 Å². The topological polar surface area (TPSA) is 69.6 Å². The van der Waals surface area contributed by atoms with Gasteiger partial charge in [0.2, 0.25) is 0 Å². The fourth-order valence-corrected chi connectivity index (χ4v) is 1.88. The quantitative estimate of drug-likeness (QED) is 0.863. The molecule has 0 radical (unpaired) electrons. The molecular formula is C13H16N2O3. The molecule has 2 amide bonds. The SMILES string of the molecule is CN(C(=O)Nc1cccc(C(=O)O)c1)C1CCC1. The third kappa shape index (κ3) is 2.61. The van der Waals surface area contributed by atoms with Crippen LogP contribution < -0.4 is 5.32 Å². The van der Waals surface area contributed by atoms with E-state index in [1.54, 1.807) is 24.1 Å². The van der Waals surface area contributed by atoms with Crippen molar-refractivity contribution < 1.29 is 14.7 Å². The number of nitrogens with one attached hydrogen (secondary N) is 1. The molecule has 0 atom stereocenters. The largest absolute Gasteiger partial charge is 0.478 e. The van der Waals surface area contributed by atoms with Crippen LogP contribution in [-0.4, -0.2) is 35.1 Å². The van der Waals surface area contributed by atoms with Gasteiger partial charge in [0.25, 0.3) is 0 Å². The zero-order valence-corrected chi connectivity index (χ0v) is 10.2. The number of hydrogen-bond donors (Lipinski definition) is 2. The van der Waals surface area contributed by atoms with Crippen molar-refractivity contribution in [2.24, 2.45) is 0 Å². The molecule has 0 spiro atoms. The molecule has 0 unspecified atom stereocenters. The van der Waals surface area contributed by atoms with Gasteiger partial charge in [0.15, 0.2) is 0 Å². The molecule has 1 aromatic rings. The van der Waals surface area contributed by atoms with Gasteiger partial charge in [0, 0.05) is 18.8 Å². The van der Waals surface area contributed by atoms with Gasteiger partial charge in [0.1, 0.15) is 0 Å². The molecule has 0 bridgehead atoms. The van der Waals surface area contributed by atoms with Crippen molar-refractivity contribution in [1.29, 1.82) is 0 Å². The van der Waals surface area contributed by atoms with Gasteiger partial charge in [-0.2, -0.15) is 0 Å². The van der Waals surface area contributed by atoms with Crippen molar-refractivity contribution in [1.82, 2.24) is 4.90 Å². The van der Waals surface area contributed by atoms with E-state index in [1.165, 1.54) is 12.1 Å². The fraction of sp³-hybridized carbons (Fsp3) is 0.385. The molecule has 1 fully saturated rings. The summed E-state index contributed by atoms with van der Waals surface area (Å²) in [5.74, 6) is -1.00. The van der Waals surface area contributed by atoms with Crippen LogP contribution in [0.25, 0.3) is 0 Å². The van der Waals surface area contributed by atoms with Crippen LogP contribution in [0.2, 0.25) is 0 Å². The number of rotatable bonds is 3. The zero-order chi connectivity index (χ0) is 13.1. The number of amides is 2. The van der Waals surface area contributed by atoms with Crippen molar-refractivity contribution in [2.45, 2.75) is 25.3 Å². The number of carbonyl (C=O) groups excluding carboxylic acids is 1. The van der Waals surface area contributed by atoms with Gasteiger partial charge in [-0.25, -0.2) is 9.59 Å². The van der Waals surface area contributed by atoms with Crippen molar-refractivity contribution in [3.8, 4) is 0 Å². The Morgan fingerprint density at radius 2 is 2.11 bits per heavy atom. The molecule has 0 heterocycles. The summed E-state index contributed by atoms with van der Waals surface area (Å²) in [6.45, 7) is 0. The van der Waals surface area contributed by atoms with E-state index >= 15 is 0 Å². The van der Waals surface area contributed by atoms with E-state index in [2.05, 4.69) is 5.32 Å². The number of carboxylic acid groups (broad SMARTS) is 1. The van der Waals surface area contributed by atoms with Crippen LogP contribution in [-0.2, 0) is 0 Å². The minimum atomic E-state index is -1.00. The Bertz CT molecular complexity index is 469. The molecule has 1 aliphatic carbocycles. The van der Waals surface area contributed by atoms with Gasteiger partial charge in [0.05, 0.1) is 5.56 Å². The number of hydrogen-bond acceptors (Lipinski definition) is 2. The molecule has 0 aliphatic heterocycles. The van der Waals surface area contributed by atoms with E-state index in [0.29, 0.717) is 11.7 Å². The van der Waals surface area contributed by atoms with Gasteiger partial charge in [-0.15, -0.1) is 0 Å². The van der Waals surface area contributed by atoms with Gasteiger partial charge < -0.3 is 15.3 Å². The first-order valence-corrected chi connectivity index (χ1v) is 5.95. The standard InChI is InChI=1S/C13H16N2O3/c1-15(11-6-3-7-11)13(18)14-10-5-2-4-9(8-10)12(16)17/h2,4-5,8,11H,3,6-7H2,1H3,(H,14,18)(H,16,17). The van der Waals surface area contributed by atoms with Crippen LogP contribution in [0.5, 0.6) is 0 Å². The van der Waals surface area contributed by atoms with E-state index in [1.807, 2.05) is 0 Å². The van der Waals surface area contributed by atoms with E-state index in [4.69, 9.17) is 5.11 Å². The molecule has 1 aliphatic rings. The average Bonchev–Trinajstić information content (AvgIpc) is 2.26. The second-order valence-electron chi connectivity index (χ2n) is 4.51. The number of carbonyl (C=O) groups is 2. The summed E-state index contributed by atoms with van der Waals surface area (Å²) in [7, 11) is 1.76. The van der Waals surface area contributed by atoms with Gasteiger partial charge in [-0.3, -0.25) is 0 Å². The third-order valence-electron chi connectivity index (χ3n) is 3.30. The van der Waals surface area contributed by atoms with Crippen LogP contribution in [0.1, 0.15) is 29.6 Å². The van der Waals surface area contributed by atoms with Crippen LogP contribution >= 0.6 is 0 Å². The van der Waals surface area contributed by atoms with Crippen LogP contribution in [0.4, 0.5) is 10.5 Å². The van der Waals surface area contributed by atoms with Crippen molar-refractivity contribution in [3.05, 3.63) is 29.8 Å². The highest BCUT2D eigenvalue weighted by atomic mass is 16.4. The maximum atomic E-state index is 11.9. The summed E-state index contributed by atoms with van der Waals surface area (Å²) in [6, 6.07) is 6.36. The van der Waals surface area contributed by atoms with Crippen LogP contribution in [0, 0.1) is 0 Å². The van der Waals surface area contributed by atoms with E-state index < -0.39 is 5.97 Å². The molecule has 5 heteroatoms. The second-order valence-corrected chi connectivity index (χ2v) is 4.51. The maximum absolute atomic E-state index is 11.9. The molecular weight excluding hydrogens is 232 g/mol. The predicted molar refractivity (Wildman–Crippen MR) is 67.8 cm³/mol. The lowest BCUT2D eigenvalue weighted by Gasteiger charge is -2.34. The number of nitrogens with zero attached hydrogens (tertiary/aromatic N) is 1. The summed E-state index contributed by atoms with van der Waals surface area (Å²) in [5.41, 5.74) is 0.671. The van der Waals surface area contributed by atoms with Crippen molar-refractivity contribution in [2.75, 3.05) is 12.4 Å². The lowest BCUT2D eigenvalue weighted by atomic mass is 9.92. The molecule has 0 saturated heterocycles. The smallest absolute Gasteiger partial charge is 0.335 e. The first-order valence-electron chi connectivity index (χ1n) is 5.95.